The van der Waals surface area contributed by atoms with Crippen LogP contribution in [0.1, 0.15) is 65.2 Å². The number of carbonyl (C=O) groups excluding carboxylic acids is 2. The van der Waals surface area contributed by atoms with E-state index in [-0.39, 0.29) is 18.4 Å². The second-order valence-corrected chi connectivity index (χ2v) is 5.58. The van der Waals surface area contributed by atoms with Gasteiger partial charge < -0.3 is 14.8 Å². The van der Waals surface area contributed by atoms with Crippen LogP contribution in [-0.2, 0) is 19.1 Å². The number of unbranched alkanes of at least 4 members (excludes halogenated alkanes) is 1. The van der Waals surface area contributed by atoms with Crippen LogP contribution in [0.2, 0.25) is 0 Å². The van der Waals surface area contributed by atoms with Gasteiger partial charge in [-0.25, -0.2) is 0 Å². The molecule has 1 rings (SSSR count). The van der Waals surface area contributed by atoms with Crippen molar-refractivity contribution in [3.05, 3.63) is 0 Å². The standard InChI is InChI=1S/C16H29NO4/c1-3-5-11-21-15(18)12-14(16(19)20-4-2)17-13-9-7-6-8-10-13/h13-14,17H,3-12H2,1-2H3. The van der Waals surface area contributed by atoms with Crippen LogP contribution in [0.3, 0.4) is 0 Å². The minimum atomic E-state index is -0.581. The average molecular weight is 299 g/mol. The molecule has 1 unspecified atom stereocenters. The molecule has 5 nitrogen and oxygen atoms in total. The molecule has 122 valence electrons. The number of nitrogens with one attached hydrogen (secondary N) is 1. The number of hydrogen-bond donors (Lipinski definition) is 1. The topological polar surface area (TPSA) is 64.6 Å². The first kappa shape index (κ1) is 18.0. The van der Waals surface area contributed by atoms with E-state index in [0.29, 0.717) is 19.3 Å². The first-order valence-corrected chi connectivity index (χ1v) is 8.25. The fraction of sp³-hybridized carbons (Fsp3) is 0.875. The molecular weight excluding hydrogens is 270 g/mol. The molecule has 0 aromatic carbocycles. The molecule has 1 aliphatic rings. The summed E-state index contributed by atoms with van der Waals surface area (Å²) in [7, 11) is 0. The smallest absolute Gasteiger partial charge is 0.323 e. The lowest BCUT2D eigenvalue weighted by Crippen LogP contribution is -2.46. The Morgan fingerprint density at radius 3 is 2.48 bits per heavy atom. The molecule has 0 radical (unpaired) electrons. The number of ether oxygens (including phenoxy) is 2. The van der Waals surface area contributed by atoms with Crippen LogP contribution in [0.4, 0.5) is 0 Å². The molecule has 1 N–H and O–H groups in total. The molecule has 0 saturated heterocycles. The zero-order chi connectivity index (χ0) is 15.5. The zero-order valence-electron chi connectivity index (χ0n) is 13.4. The minimum absolute atomic E-state index is 0.0546. The van der Waals surface area contributed by atoms with Gasteiger partial charge in [-0.1, -0.05) is 32.6 Å². The Kier molecular flexibility index (Phi) is 9.06. The summed E-state index contributed by atoms with van der Waals surface area (Å²) in [5, 5.41) is 3.29. The van der Waals surface area contributed by atoms with Crippen LogP contribution in [0.5, 0.6) is 0 Å². The highest BCUT2D eigenvalue weighted by Gasteiger charge is 2.27. The summed E-state index contributed by atoms with van der Waals surface area (Å²) in [5.41, 5.74) is 0. The maximum atomic E-state index is 12.0. The highest BCUT2D eigenvalue weighted by Crippen LogP contribution is 2.18. The van der Waals surface area contributed by atoms with E-state index in [9.17, 15) is 9.59 Å². The Morgan fingerprint density at radius 2 is 1.86 bits per heavy atom. The second kappa shape index (κ2) is 10.6. The predicted molar refractivity (Wildman–Crippen MR) is 80.9 cm³/mol. The minimum Gasteiger partial charge on any atom is -0.466 e. The second-order valence-electron chi connectivity index (χ2n) is 5.58. The number of rotatable bonds is 9. The quantitative estimate of drug-likeness (QED) is 0.523. The predicted octanol–water partition coefficient (Wildman–Crippen LogP) is 2.57. The summed E-state index contributed by atoms with van der Waals surface area (Å²) >= 11 is 0. The molecular formula is C16H29NO4. The maximum absolute atomic E-state index is 12.0. The van der Waals surface area contributed by atoms with Crippen molar-refractivity contribution in [2.45, 2.75) is 77.3 Å². The van der Waals surface area contributed by atoms with Crippen molar-refractivity contribution in [1.82, 2.24) is 5.32 Å². The van der Waals surface area contributed by atoms with E-state index in [0.717, 1.165) is 25.7 Å². The maximum Gasteiger partial charge on any atom is 0.323 e. The molecule has 0 aliphatic heterocycles. The number of hydrogen-bond acceptors (Lipinski definition) is 5. The molecule has 1 fully saturated rings. The van der Waals surface area contributed by atoms with Gasteiger partial charge in [0.15, 0.2) is 0 Å². The highest BCUT2D eigenvalue weighted by molar-refractivity contribution is 5.82. The van der Waals surface area contributed by atoms with Gasteiger partial charge >= 0.3 is 11.9 Å². The Bertz CT molecular complexity index is 313. The van der Waals surface area contributed by atoms with Gasteiger partial charge in [-0.05, 0) is 26.2 Å². The van der Waals surface area contributed by atoms with Crippen LogP contribution >= 0.6 is 0 Å². The van der Waals surface area contributed by atoms with Crippen LogP contribution < -0.4 is 5.32 Å². The van der Waals surface area contributed by atoms with E-state index in [1.807, 2.05) is 6.92 Å². The normalized spacial score (nSPS) is 17.2. The van der Waals surface area contributed by atoms with Gasteiger partial charge in [-0.15, -0.1) is 0 Å². The third-order valence-corrected chi connectivity index (χ3v) is 3.74. The van der Waals surface area contributed by atoms with E-state index in [1.54, 1.807) is 6.92 Å². The van der Waals surface area contributed by atoms with E-state index < -0.39 is 6.04 Å². The summed E-state index contributed by atoms with van der Waals surface area (Å²) in [5.74, 6) is -0.680. The van der Waals surface area contributed by atoms with Crippen molar-refractivity contribution in [2.75, 3.05) is 13.2 Å². The van der Waals surface area contributed by atoms with Crippen molar-refractivity contribution < 1.29 is 19.1 Å². The number of carbonyl (C=O) groups is 2. The van der Waals surface area contributed by atoms with Crippen molar-refractivity contribution in [2.24, 2.45) is 0 Å². The van der Waals surface area contributed by atoms with E-state index in [2.05, 4.69) is 5.32 Å². The van der Waals surface area contributed by atoms with Crippen molar-refractivity contribution in [3.8, 4) is 0 Å². The third-order valence-electron chi connectivity index (χ3n) is 3.74. The lowest BCUT2D eigenvalue weighted by molar-refractivity contribution is -0.152. The molecule has 1 saturated carbocycles. The van der Waals surface area contributed by atoms with Crippen molar-refractivity contribution in [3.63, 3.8) is 0 Å². The molecule has 1 aliphatic carbocycles. The van der Waals surface area contributed by atoms with Crippen LogP contribution in [0, 0.1) is 0 Å². The third kappa shape index (κ3) is 7.46. The SMILES string of the molecule is CCCCOC(=O)CC(NC1CCCCC1)C(=O)OCC. The average Bonchev–Trinajstić information content (AvgIpc) is 2.48. The monoisotopic (exact) mass is 299 g/mol. The van der Waals surface area contributed by atoms with Crippen LogP contribution in [0.25, 0.3) is 0 Å². The van der Waals surface area contributed by atoms with Crippen molar-refractivity contribution >= 4 is 11.9 Å². The molecule has 0 spiro atoms. The summed E-state index contributed by atoms with van der Waals surface area (Å²) in [6.07, 6.45) is 7.60. The molecule has 0 amide bonds. The van der Waals surface area contributed by atoms with Crippen LogP contribution in [0.15, 0.2) is 0 Å². The lowest BCUT2D eigenvalue weighted by Gasteiger charge is -2.27. The van der Waals surface area contributed by atoms with Crippen LogP contribution in [-0.4, -0.2) is 37.2 Å². The molecule has 0 heterocycles. The Balaban J connectivity index is 2.46. The first-order valence-electron chi connectivity index (χ1n) is 8.25. The Labute approximate surface area is 127 Å². The first-order chi connectivity index (χ1) is 10.2. The fourth-order valence-corrected chi connectivity index (χ4v) is 2.56. The lowest BCUT2D eigenvalue weighted by atomic mass is 9.94. The zero-order valence-corrected chi connectivity index (χ0v) is 13.4. The summed E-state index contributed by atoms with van der Waals surface area (Å²) in [6.45, 7) is 4.57. The van der Waals surface area contributed by atoms with Crippen molar-refractivity contribution in [1.29, 1.82) is 0 Å². The number of esters is 2. The van der Waals surface area contributed by atoms with Gasteiger partial charge in [0.2, 0.25) is 0 Å². The summed E-state index contributed by atoms with van der Waals surface area (Å²) < 4.78 is 10.2. The van der Waals surface area contributed by atoms with Gasteiger partial charge in [0.1, 0.15) is 6.04 Å². The van der Waals surface area contributed by atoms with E-state index in [1.165, 1.54) is 19.3 Å². The highest BCUT2D eigenvalue weighted by atomic mass is 16.5. The molecule has 0 aromatic heterocycles. The largest absolute Gasteiger partial charge is 0.466 e. The molecule has 5 heteroatoms. The molecule has 1 atom stereocenters. The van der Waals surface area contributed by atoms with Gasteiger partial charge in [0, 0.05) is 6.04 Å². The van der Waals surface area contributed by atoms with Gasteiger partial charge in [0.05, 0.1) is 19.6 Å². The Morgan fingerprint density at radius 1 is 1.14 bits per heavy atom. The molecule has 0 bridgehead atoms. The van der Waals surface area contributed by atoms with E-state index >= 15 is 0 Å². The summed E-state index contributed by atoms with van der Waals surface area (Å²) in [6, 6.07) is -0.279. The van der Waals surface area contributed by atoms with Gasteiger partial charge in [-0.2, -0.15) is 0 Å². The van der Waals surface area contributed by atoms with E-state index in [4.69, 9.17) is 9.47 Å². The van der Waals surface area contributed by atoms with Gasteiger partial charge in [-0.3, -0.25) is 9.59 Å². The fourth-order valence-electron chi connectivity index (χ4n) is 2.56. The molecule has 0 aromatic rings. The molecule has 21 heavy (non-hydrogen) atoms. The Hall–Kier alpha value is -1.10. The van der Waals surface area contributed by atoms with Gasteiger partial charge in [0.25, 0.3) is 0 Å². The summed E-state index contributed by atoms with van der Waals surface area (Å²) in [4.78, 5) is 23.8.